The number of hydrogen-bond donors (Lipinski definition) is 0. The van der Waals surface area contributed by atoms with E-state index < -0.39 is 0 Å². The lowest BCUT2D eigenvalue weighted by molar-refractivity contribution is -0.135. The quantitative estimate of drug-likeness (QED) is 0.519. The topological polar surface area (TPSA) is 34.1 Å². The highest BCUT2D eigenvalue weighted by molar-refractivity contribution is 9.10. The van der Waals surface area contributed by atoms with E-state index in [2.05, 4.69) is 15.9 Å². The molecule has 0 spiro atoms. The standard InChI is InChI=1S/C7H11BrO2/c1-4(2)6(8)7(10)5(3)9/h4,6H,1-3H3. The Morgan fingerprint density at radius 2 is 1.70 bits per heavy atom. The van der Waals surface area contributed by atoms with Crippen molar-refractivity contribution >= 4 is 27.5 Å². The summed E-state index contributed by atoms with van der Waals surface area (Å²) in [5.41, 5.74) is 0. The highest BCUT2D eigenvalue weighted by Crippen LogP contribution is 2.12. The van der Waals surface area contributed by atoms with E-state index >= 15 is 0 Å². The van der Waals surface area contributed by atoms with E-state index in [9.17, 15) is 9.59 Å². The van der Waals surface area contributed by atoms with E-state index in [-0.39, 0.29) is 22.3 Å². The predicted octanol–water partition coefficient (Wildman–Crippen LogP) is 1.56. The average Bonchev–Trinajstić information content (AvgIpc) is 1.84. The Morgan fingerprint density at radius 1 is 1.30 bits per heavy atom. The summed E-state index contributed by atoms with van der Waals surface area (Å²) < 4.78 is 0. The molecular weight excluding hydrogens is 196 g/mol. The molecule has 10 heavy (non-hydrogen) atoms. The summed E-state index contributed by atoms with van der Waals surface area (Å²) in [5.74, 6) is -0.540. The molecule has 0 aliphatic carbocycles. The van der Waals surface area contributed by atoms with Crippen LogP contribution in [0.3, 0.4) is 0 Å². The molecule has 58 valence electrons. The van der Waals surface area contributed by atoms with E-state index in [0.29, 0.717) is 0 Å². The van der Waals surface area contributed by atoms with Crippen LogP contribution in [-0.4, -0.2) is 16.4 Å². The molecule has 0 aromatic heterocycles. The van der Waals surface area contributed by atoms with E-state index in [0.717, 1.165) is 0 Å². The SMILES string of the molecule is CC(=O)C(=O)C(Br)C(C)C. The molecule has 0 aromatic rings. The summed E-state index contributed by atoms with van der Waals surface area (Å²) in [7, 11) is 0. The van der Waals surface area contributed by atoms with E-state index in [1.54, 1.807) is 0 Å². The van der Waals surface area contributed by atoms with Crippen molar-refractivity contribution in [2.45, 2.75) is 25.6 Å². The van der Waals surface area contributed by atoms with Crippen LogP contribution in [0.2, 0.25) is 0 Å². The van der Waals surface area contributed by atoms with Gasteiger partial charge in [-0.2, -0.15) is 0 Å². The molecule has 0 aliphatic rings. The van der Waals surface area contributed by atoms with E-state index in [1.807, 2.05) is 13.8 Å². The summed E-state index contributed by atoms with van der Waals surface area (Å²) in [6.07, 6.45) is 0. The first-order chi connectivity index (χ1) is 4.46. The van der Waals surface area contributed by atoms with Gasteiger partial charge >= 0.3 is 0 Å². The maximum Gasteiger partial charge on any atom is 0.211 e. The molecule has 0 N–H and O–H groups in total. The maximum atomic E-state index is 10.9. The van der Waals surface area contributed by atoms with Crippen LogP contribution in [-0.2, 0) is 9.59 Å². The Morgan fingerprint density at radius 3 is 1.80 bits per heavy atom. The fourth-order valence-electron chi connectivity index (χ4n) is 0.497. The smallest absolute Gasteiger partial charge is 0.211 e. The summed E-state index contributed by atoms with van der Waals surface area (Å²) in [6, 6.07) is 0. The Labute approximate surface area is 69.1 Å². The molecule has 0 aliphatic heterocycles. The van der Waals surface area contributed by atoms with Gasteiger partial charge in [0.25, 0.3) is 0 Å². The number of rotatable bonds is 3. The number of alkyl halides is 1. The monoisotopic (exact) mass is 206 g/mol. The summed E-state index contributed by atoms with van der Waals surface area (Å²) in [4.78, 5) is 21.1. The largest absolute Gasteiger partial charge is 0.291 e. The minimum Gasteiger partial charge on any atom is -0.291 e. The lowest BCUT2D eigenvalue weighted by Crippen LogP contribution is -2.25. The molecule has 1 atom stereocenters. The van der Waals surface area contributed by atoms with Crippen LogP contribution in [0.4, 0.5) is 0 Å². The molecule has 2 nitrogen and oxygen atoms in total. The second kappa shape index (κ2) is 3.86. The van der Waals surface area contributed by atoms with Crippen LogP contribution in [0, 0.1) is 5.92 Å². The van der Waals surface area contributed by atoms with Crippen LogP contribution >= 0.6 is 15.9 Å². The Hall–Kier alpha value is -0.180. The second-order valence-electron chi connectivity index (χ2n) is 2.57. The van der Waals surface area contributed by atoms with E-state index in [4.69, 9.17) is 0 Å². The third-order valence-electron chi connectivity index (χ3n) is 1.18. The summed E-state index contributed by atoms with van der Waals surface area (Å²) in [6.45, 7) is 5.07. The van der Waals surface area contributed by atoms with Crippen molar-refractivity contribution in [1.29, 1.82) is 0 Å². The van der Waals surface area contributed by atoms with Crippen LogP contribution < -0.4 is 0 Å². The van der Waals surface area contributed by atoms with Gasteiger partial charge in [0.15, 0.2) is 5.78 Å². The summed E-state index contributed by atoms with van der Waals surface area (Å²) >= 11 is 3.14. The van der Waals surface area contributed by atoms with Crippen molar-refractivity contribution in [2.75, 3.05) is 0 Å². The first-order valence-electron chi connectivity index (χ1n) is 3.15. The average molecular weight is 207 g/mol. The van der Waals surface area contributed by atoms with Gasteiger partial charge in [-0.1, -0.05) is 29.8 Å². The molecule has 0 heterocycles. The minimum atomic E-state index is -0.379. The fraction of sp³-hybridized carbons (Fsp3) is 0.714. The van der Waals surface area contributed by atoms with Gasteiger partial charge in [0, 0.05) is 6.92 Å². The number of ketones is 2. The first kappa shape index (κ1) is 9.82. The predicted molar refractivity (Wildman–Crippen MR) is 43.2 cm³/mol. The molecule has 0 aromatic carbocycles. The van der Waals surface area contributed by atoms with Gasteiger partial charge in [0.2, 0.25) is 5.78 Å². The summed E-state index contributed by atoms with van der Waals surface area (Å²) in [5, 5.41) is 0. The van der Waals surface area contributed by atoms with Crippen LogP contribution in [0.1, 0.15) is 20.8 Å². The third kappa shape index (κ3) is 2.60. The van der Waals surface area contributed by atoms with Gasteiger partial charge in [-0.3, -0.25) is 9.59 Å². The molecule has 0 rings (SSSR count). The van der Waals surface area contributed by atoms with Crippen molar-refractivity contribution in [2.24, 2.45) is 5.92 Å². The normalized spacial score (nSPS) is 13.3. The molecule has 0 radical (unpaired) electrons. The number of Topliss-reactive ketones (excluding diaryl/α,β-unsaturated/α-hetero) is 2. The fourth-order valence-corrected chi connectivity index (χ4v) is 0.819. The van der Waals surface area contributed by atoms with Gasteiger partial charge in [0.1, 0.15) is 0 Å². The van der Waals surface area contributed by atoms with Crippen molar-refractivity contribution < 1.29 is 9.59 Å². The molecular formula is C7H11BrO2. The highest BCUT2D eigenvalue weighted by Gasteiger charge is 2.21. The third-order valence-corrected chi connectivity index (χ3v) is 2.66. The van der Waals surface area contributed by atoms with Gasteiger partial charge < -0.3 is 0 Å². The van der Waals surface area contributed by atoms with Crippen molar-refractivity contribution in [1.82, 2.24) is 0 Å². The molecule has 0 fully saturated rings. The van der Waals surface area contributed by atoms with Crippen molar-refractivity contribution in [3.63, 3.8) is 0 Å². The van der Waals surface area contributed by atoms with Crippen LogP contribution in [0.5, 0.6) is 0 Å². The zero-order chi connectivity index (χ0) is 8.31. The van der Waals surface area contributed by atoms with Gasteiger partial charge in [-0.05, 0) is 5.92 Å². The van der Waals surface area contributed by atoms with Crippen LogP contribution in [0.15, 0.2) is 0 Å². The molecule has 0 bridgehead atoms. The van der Waals surface area contributed by atoms with Gasteiger partial charge in [0.05, 0.1) is 4.83 Å². The molecule has 3 heteroatoms. The minimum absolute atomic E-state index is 0.177. The Balaban J connectivity index is 4.08. The number of halogens is 1. The lowest BCUT2D eigenvalue weighted by Gasteiger charge is -2.08. The molecule has 0 saturated carbocycles. The lowest BCUT2D eigenvalue weighted by atomic mass is 10.1. The van der Waals surface area contributed by atoms with Crippen molar-refractivity contribution in [3.8, 4) is 0 Å². The first-order valence-corrected chi connectivity index (χ1v) is 4.07. The molecule has 0 saturated heterocycles. The number of hydrogen-bond acceptors (Lipinski definition) is 2. The Bertz CT molecular complexity index is 152. The molecule has 0 amide bonds. The number of carbonyl (C=O) groups is 2. The van der Waals surface area contributed by atoms with Gasteiger partial charge in [-0.15, -0.1) is 0 Å². The molecule has 1 unspecified atom stereocenters. The van der Waals surface area contributed by atoms with Gasteiger partial charge in [-0.25, -0.2) is 0 Å². The van der Waals surface area contributed by atoms with Crippen molar-refractivity contribution in [3.05, 3.63) is 0 Å². The maximum absolute atomic E-state index is 10.9. The van der Waals surface area contributed by atoms with Crippen LogP contribution in [0.25, 0.3) is 0 Å². The zero-order valence-electron chi connectivity index (χ0n) is 6.35. The zero-order valence-corrected chi connectivity index (χ0v) is 7.94. The second-order valence-corrected chi connectivity index (χ2v) is 3.55. The number of carbonyl (C=O) groups excluding carboxylic acids is 2. The highest BCUT2D eigenvalue weighted by atomic mass is 79.9. The Kier molecular flexibility index (Phi) is 3.79. The van der Waals surface area contributed by atoms with E-state index in [1.165, 1.54) is 6.92 Å².